The summed E-state index contributed by atoms with van der Waals surface area (Å²) in [5.41, 5.74) is 2.23. The Hall–Kier alpha value is -3.07. The summed E-state index contributed by atoms with van der Waals surface area (Å²) in [5.74, 6) is 5.81. The molecule has 4 rings (SSSR count). The Bertz CT molecular complexity index is 1290. The number of fused-ring (bicyclic) bond motifs is 1. The van der Waals surface area contributed by atoms with Crippen molar-refractivity contribution in [1.29, 1.82) is 0 Å². The van der Waals surface area contributed by atoms with Gasteiger partial charge in [-0.25, -0.2) is 4.98 Å². The normalized spacial score (nSPS) is 15.8. The summed E-state index contributed by atoms with van der Waals surface area (Å²) >= 11 is 0. The molecular formula is C26H30F3N5O2S. The maximum atomic E-state index is 13.5. The van der Waals surface area contributed by atoms with Crippen molar-refractivity contribution >= 4 is 33.1 Å². The molecule has 1 fully saturated rings. The van der Waals surface area contributed by atoms with Gasteiger partial charge in [0.2, 0.25) is 0 Å². The van der Waals surface area contributed by atoms with Crippen LogP contribution in [0.3, 0.4) is 0 Å². The quantitative estimate of drug-likeness (QED) is 0.384. The summed E-state index contributed by atoms with van der Waals surface area (Å²) in [5, 5.41) is 16.9. The lowest BCUT2D eigenvalue weighted by Crippen LogP contribution is -2.40. The van der Waals surface area contributed by atoms with Gasteiger partial charge in [0.1, 0.15) is 11.6 Å². The second kappa shape index (κ2) is 12.0. The Balaban J connectivity index is 1.53. The van der Waals surface area contributed by atoms with Crippen molar-refractivity contribution in [3.63, 3.8) is 0 Å². The summed E-state index contributed by atoms with van der Waals surface area (Å²) in [6, 6.07) is 10.6. The largest absolute Gasteiger partial charge is 0.406 e. The minimum atomic E-state index is -4.39. The van der Waals surface area contributed by atoms with Gasteiger partial charge < -0.3 is 25.2 Å². The van der Waals surface area contributed by atoms with Crippen LogP contribution in [0.25, 0.3) is 10.9 Å². The van der Waals surface area contributed by atoms with Crippen LogP contribution in [0.2, 0.25) is 0 Å². The first-order valence-corrected chi connectivity index (χ1v) is 13.6. The third-order valence-corrected chi connectivity index (χ3v) is 7.11. The molecule has 3 heterocycles. The molecule has 2 aromatic heterocycles. The zero-order valence-corrected chi connectivity index (χ0v) is 21.3. The molecule has 1 atom stereocenters. The fourth-order valence-corrected chi connectivity index (χ4v) is 4.92. The molecule has 0 spiro atoms. The van der Waals surface area contributed by atoms with Gasteiger partial charge in [-0.15, -0.1) is 0 Å². The van der Waals surface area contributed by atoms with Gasteiger partial charge in [0.05, 0.1) is 47.0 Å². The van der Waals surface area contributed by atoms with Gasteiger partial charge in [0.25, 0.3) is 0 Å². The number of β-amino-alcohol motifs (C(OH)–C–C–N with tert-alkyl or cyclic N) is 1. The van der Waals surface area contributed by atoms with Crippen molar-refractivity contribution in [2.24, 2.45) is 0 Å². The highest BCUT2D eigenvalue weighted by Gasteiger charge is 2.30. The first kappa shape index (κ1) is 27.0. The first-order chi connectivity index (χ1) is 17.7. The van der Waals surface area contributed by atoms with E-state index < -0.39 is 23.5 Å². The second-order valence-corrected chi connectivity index (χ2v) is 10.3. The Morgan fingerprint density at radius 2 is 2.00 bits per heavy atom. The topological polar surface area (TPSA) is 82.4 Å². The van der Waals surface area contributed by atoms with E-state index in [2.05, 4.69) is 32.4 Å². The van der Waals surface area contributed by atoms with E-state index >= 15 is 0 Å². The van der Waals surface area contributed by atoms with E-state index in [1.807, 2.05) is 6.07 Å². The third-order valence-electron chi connectivity index (χ3n) is 6.27. The number of hydrogen-bond donors (Lipinski definition) is 3. The molecule has 0 aliphatic carbocycles. The fraction of sp³-hybridized carbons (Fsp3) is 0.423. The molecule has 0 amide bonds. The minimum Gasteiger partial charge on any atom is -0.395 e. The van der Waals surface area contributed by atoms with Crippen molar-refractivity contribution in [2.75, 3.05) is 49.7 Å². The van der Waals surface area contributed by atoms with Crippen molar-refractivity contribution in [3.8, 4) is 11.8 Å². The number of nitrogens with one attached hydrogen (secondary N) is 2. The number of piperidine rings is 1. The lowest BCUT2D eigenvalue weighted by atomic mass is 10.0. The monoisotopic (exact) mass is 533 g/mol. The van der Waals surface area contributed by atoms with Crippen molar-refractivity contribution in [3.05, 3.63) is 48.3 Å². The highest BCUT2D eigenvalue weighted by Crippen LogP contribution is 2.31. The molecule has 3 N–H and O–H groups in total. The second-order valence-electron chi connectivity index (χ2n) is 8.95. The Labute approximate surface area is 216 Å². The smallest absolute Gasteiger partial charge is 0.395 e. The number of aromatic nitrogens is 2. The number of alkyl halides is 3. The van der Waals surface area contributed by atoms with Crippen LogP contribution in [-0.2, 0) is 17.3 Å². The Morgan fingerprint density at radius 1 is 1.22 bits per heavy atom. The number of halogens is 3. The van der Waals surface area contributed by atoms with Gasteiger partial charge in [-0.1, -0.05) is 12.0 Å². The highest BCUT2D eigenvalue weighted by molar-refractivity contribution is 7.84. The van der Waals surface area contributed by atoms with Gasteiger partial charge in [-0.2, -0.15) is 13.2 Å². The molecule has 3 aromatic rings. The average molecular weight is 534 g/mol. The van der Waals surface area contributed by atoms with Crippen LogP contribution in [0, 0.1) is 11.8 Å². The predicted octanol–water partition coefficient (Wildman–Crippen LogP) is 3.67. The molecule has 1 unspecified atom stereocenters. The maximum absolute atomic E-state index is 13.5. The number of likely N-dealkylation sites (tertiary alicyclic amines) is 1. The maximum Gasteiger partial charge on any atom is 0.406 e. The van der Waals surface area contributed by atoms with Crippen LogP contribution in [0.1, 0.15) is 18.5 Å². The number of pyridine rings is 1. The van der Waals surface area contributed by atoms with Crippen LogP contribution in [0.5, 0.6) is 0 Å². The van der Waals surface area contributed by atoms with E-state index in [0.717, 1.165) is 31.6 Å². The summed E-state index contributed by atoms with van der Waals surface area (Å²) in [4.78, 5) is 6.31. The van der Waals surface area contributed by atoms with E-state index in [-0.39, 0.29) is 24.9 Å². The number of hydrogen-bond acceptors (Lipinski definition) is 6. The van der Waals surface area contributed by atoms with E-state index in [9.17, 15) is 17.4 Å². The molecule has 7 nitrogen and oxygen atoms in total. The van der Waals surface area contributed by atoms with Crippen molar-refractivity contribution in [1.82, 2.24) is 14.5 Å². The van der Waals surface area contributed by atoms with Gasteiger partial charge >= 0.3 is 6.18 Å². The zero-order valence-electron chi connectivity index (χ0n) is 20.5. The molecule has 0 radical (unpaired) electrons. The summed E-state index contributed by atoms with van der Waals surface area (Å²) < 4.78 is 53.0. The van der Waals surface area contributed by atoms with E-state index in [1.54, 1.807) is 42.8 Å². The molecule has 1 aromatic carbocycles. The van der Waals surface area contributed by atoms with Gasteiger partial charge in [0, 0.05) is 43.0 Å². The number of benzene rings is 1. The molecule has 0 saturated carbocycles. The number of aliphatic hydroxyl groups is 1. The lowest BCUT2D eigenvalue weighted by Gasteiger charge is -2.32. The number of nitrogens with zero attached hydrogens (tertiary/aromatic N) is 3. The lowest BCUT2D eigenvalue weighted by molar-refractivity contribution is -0.140. The first-order valence-electron chi connectivity index (χ1n) is 12.0. The van der Waals surface area contributed by atoms with Crippen LogP contribution in [0.15, 0.2) is 47.6 Å². The van der Waals surface area contributed by atoms with Crippen LogP contribution < -0.4 is 10.6 Å². The summed E-state index contributed by atoms with van der Waals surface area (Å²) in [6.45, 7) is 1.59. The Kier molecular flexibility index (Phi) is 8.74. The standard InChI is InChI=1S/C26H30F3N5O2S/c1-37(36)25-8-7-20(17-31-25)30-11-3-4-21-16-22-23(32-19-9-12-33(13-10-19)14-15-35)5-2-6-24(22)34(21)18-26(27,28)29/h2,5-8,16-17,19,30,32,35H,9-15,18H2,1H3. The van der Waals surface area contributed by atoms with Crippen molar-refractivity contribution < 1.29 is 22.5 Å². The van der Waals surface area contributed by atoms with E-state index in [0.29, 0.717) is 28.2 Å². The zero-order chi connectivity index (χ0) is 26.4. The van der Waals surface area contributed by atoms with E-state index in [4.69, 9.17) is 5.11 Å². The number of aliphatic hydroxyl groups excluding tert-OH is 1. The number of rotatable bonds is 8. The fourth-order valence-electron chi connectivity index (χ4n) is 4.46. The van der Waals surface area contributed by atoms with Gasteiger partial charge in [-0.3, -0.25) is 4.21 Å². The molecule has 11 heteroatoms. The molecule has 1 aliphatic heterocycles. The summed E-state index contributed by atoms with van der Waals surface area (Å²) in [7, 11) is -1.17. The molecule has 1 aliphatic rings. The highest BCUT2D eigenvalue weighted by atomic mass is 32.2. The average Bonchev–Trinajstić information content (AvgIpc) is 3.20. The summed E-state index contributed by atoms with van der Waals surface area (Å²) in [6.07, 6.45) is 0.482. The molecule has 1 saturated heterocycles. The SMILES string of the molecule is CS(=O)c1ccc(NCC#Cc2cc3c(NC4CCN(CCO)CC4)cccc3n2CC(F)(F)F)cn1. The predicted molar refractivity (Wildman–Crippen MR) is 140 cm³/mol. The van der Waals surface area contributed by atoms with Crippen LogP contribution in [0.4, 0.5) is 24.5 Å². The third kappa shape index (κ3) is 7.25. The van der Waals surface area contributed by atoms with Crippen LogP contribution >= 0.6 is 0 Å². The van der Waals surface area contributed by atoms with Gasteiger partial charge in [-0.05, 0) is 49.1 Å². The van der Waals surface area contributed by atoms with E-state index in [1.165, 1.54) is 4.57 Å². The van der Waals surface area contributed by atoms with Gasteiger partial charge in [0.15, 0.2) is 0 Å². The molecule has 37 heavy (non-hydrogen) atoms. The van der Waals surface area contributed by atoms with Crippen molar-refractivity contribution in [2.45, 2.75) is 36.6 Å². The molecular weight excluding hydrogens is 503 g/mol. The Morgan fingerprint density at radius 3 is 2.65 bits per heavy atom. The number of anilines is 2. The molecule has 198 valence electrons. The van der Waals surface area contributed by atoms with Crippen LogP contribution in [-0.4, -0.2) is 75.0 Å². The minimum absolute atomic E-state index is 0.133. The molecule has 0 bridgehead atoms.